The summed E-state index contributed by atoms with van der Waals surface area (Å²) in [4.78, 5) is 14.5. The van der Waals surface area contributed by atoms with Gasteiger partial charge in [0.2, 0.25) is 5.89 Å². The van der Waals surface area contributed by atoms with E-state index in [4.69, 9.17) is 18.0 Å². The van der Waals surface area contributed by atoms with Crippen LogP contribution in [0.25, 0.3) is 22.6 Å². The molecule has 8 heteroatoms. The van der Waals surface area contributed by atoms with Gasteiger partial charge >= 0.3 is 0 Å². The molecule has 5 rings (SSSR count). The van der Waals surface area contributed by atoms with Crippen LogP contribution in [0.2, 0.25) is 0 Å². The molecular weight excluding hydrogens is 410 g/mol. The van der Waals surface area contributed by atoms with Gasteiger partial charge in [-0.05, 0) is 56.0 Å². The van der Waals surface area contributed by atoms with Gasteiger partial charge in [0.15, 0.2) is 12.4 Å². The quantitative estimate of drug-likeness (QED) is 0.393. The number of ether oxygens (including phenoxy) is 1. The van der Waals surface area contributed by atoms with E-state index in [2.05, 4.69) is 10.2 Å². The van der Waals surface area contributed by atoms with Crippen molar-refractivity contribution in [3.8, 4) is 17.4 Å². The largest absolute Gasteiger partial charge is 0.484 e. The van der Waals surface area contributed by atoms with Crippen LogP contribution < -0.4 is 4.74 Å². The third-order valence-corrected chi connectivity index (χ3v) is 5.66. The molecule has 0 radical (unpaired) electrons. The van der Waals surface area contributed by atoms with Crippen LogP contribution in [0, 0.1) is 0 Å². The van der Waals surface area contributed by atoms with Gasteiger partial charge in [-0.25, -0.2) is 0 Å². The first-order valence-corrected chi connectivity index (χ1v) is 11.0. The van der Waals surface area contributed by atoms with Crippen LogP contribution in [0.5, 0.6) is 5.75 Å². The maximum atomic E-state index is 12.9. The number of furan rings is 2. The molecule has 4 aromatic rings. The molecule has 1 amide bonds. The fraction of sp³-hybridized carbons (Fsp3) is 0.375. The Morgan fingerprint density at radius 3 is 2.91 bits per heavy atom. The van der Waals surface area contributed by atoms with Crippen molar-refractivity contribution in [1.29, 1.82) is 0 Å². The summed E-state index contributed by atoms with van der Waals surface area (Å²) in [5.41, 5.74) is 2.16. The third-order valence-electron chi connectivity index (χ3n) is 5.66. The second-order valence-electron chi connectivity index (χ2n) is 7.95. The minimum absolute atomic E-state index is 0.0648. The van der Waals surface area contributed by atoms with Crippen molar-refractivity contribution in [2.24, 2.45) is 0 Å². The zero-order valence-corrected chi connectivity index (χ0v) is 18.0. The zero-order chi connectivity index (χ0) is 21.9. The summed E-state index contributed by atoms with van der Waals surface area (Å²) in [7, 11) is 0. The van der Waals surface area contributed by atoms with Crippen molar-refractivity contribution in [3.05, 3.63) is 53.8 Å². The van der Waals surface area contributed by atoms with Crippen LogP contribution in [0.1, 0.15) is 43.4 Å². The number of rotatable bonds is 8. The number of nitrogens with zero attached hydrogens (tertiary/aromatic N) is 3. The summed E-state index contributed by atoms with van der Waals surface area (Å²) in [5, 5.41) is 9.13. The Bertz CT molecular complexity index is 1210. The molecule has 3 heterocycles. The van der Waals surface area contributed by atoms with E-state index in [0.717, 1.165) is 36.0 Å². The highest BCUT2D eigenvalue weighted by atomic mass is 16.5. The van der Waals surface area contributed by atoms with Gasteiger partial charge in [-0.3, -0.25) is 4.79 Å². The minimum Gasteiger partial charge on any atom is -0.484 e. The summed E-state index contributed by atoms with van der Waals surface area (Å²) in [6.45, 7) is 2.73. The molecule has 0 saturated carbocycles. The maximum absolute atomic E-state index is 12.9. The van der Waals surface area contributed by atoms with Crippen LogP contribution in [0.3, 0.4) is 0 Å². The topological polar surface area (TPSA) is 94.7 Å². The number of hydrogen-bond donors (Lipinski definition) is 0. The highest BCUT2D eigenvalue weighted by Crippen LogP contribution is 2.34. The molecule has 3 aromatic heterocycles. The fourth-order valence-electron chi connectivity index (χ4n) is 4.11. The molecule has 0 aliphatic heterocycles. The average molecular weight is 435 g/mol. The van der Waals surface area contributed by atoms with Gasteiger partial charge in [0.05, 0.1) is 12.8 Å². The summed E-state index contributed by atoms with van der Waals surface area (Å²) in [5.74, 6) is 2.75. The number of carbonyl (C=O) groups is 1. The van der Waals surface area contributed by atoms with Crippen LogP contribution in [0.4, 0.5) is 0 Å². The lowest BCUT2D eigenvalue weighted by Crippen LogP contribution is -2.35. The van der Waals surface area contributed by atoms with Gasteiger partial charge in [-0.2, -0.15) is 0 Å². The summed E-state index contributed by atoms with van der Waals surface area (Å²) >= 11 is 0. The molecule has 0 unspecified atom stereocenters. The number of carbonyl (C=O) groups excluding carboxylic acids is 1. The van der Waals surface area contributed by atoms with Gasteiger partial charge in [0, 0.05) is 23.9 Å². The number of benzene rings is 1. The van der Waals surface area contributed by atoms with E-state index in [0.29, 0.717) is 29.8 Å². The number of aromatic nitrogens is 2. The first-order chi connectivity index (χ1) is 15.7. The smallest absolute Gasteiger partial charge is 0.283 e. The Kier molecular flexibility index (Phi) is 5.66. The van der Waals surface area contributed by atoms with Crippen LogP contribution in [0.15, 0.2) is 49.8 Å². The number of hydrogen-bond acceptors (Lipinski definition) is 7. The van der Waals surface area contributed by atoms with E-state index in [-0.39, 0.29) is 19.1 Å². The van der Waals surface area contributed by atoms with Crippen molar-refractivity contribution in [2.45, 2.75) is 45.6 Å². The average Bonchev–Trinajstić information content (AvgIpc) is 3.56. The van der Waals surface area contributed by atoms with E-state index in [1.807, 2.05) is 25.1 Å². The van der Waals surface area contributed by atoms with Crippen molar-refractivity contribution < 1.29 is 22.8 Å². The Morgan fingerprint density at radius 1 is 1.16 bits per heavy atom. The molecular formula is C24H25N3O5. The van der Waals surface area contributed by atoms with E-state index < -0.39 is 0 Å². The second-order valence-corrected chi connectivity index (χ2v) is 7.95. The highest BCUT2D eigenvalue weighted by Gasteiger charge is 2.20. The molecule has 0 spiro atoms. The Labute approximate surface area is 185 Å². The van der Waals surface area contributed by atoms with Gasteiger partial charge in [0.1, 0.15) is 17.1 Å². The van der Waals surface area contributed by atoms with Crippen molar-refractivity contribution in [1.82, 2.24) is 15.1 Å². The van der Waals surface area contributed by atoms with Crippen molar-refractivity contribution >= 4 is 16.9 Å². The van der Waals surface area contributed by atoms with E-state index >= 15 is 0 Å². The molecule has 0 saturated heterocycles. The first kappa shape index (κ1) is 20.4. The lowest BCUT2D eigenvalue weighted by molar-refractivity contribution is -0.134. The predicted molar refractivity (Wildman–Crippen MR) is 116 cm³/mol. The maximum Gasteiger partial charge on any atom is 0.283 e. The van der Waals surface area contributed by atoms with E-state index in [1.165, 1.54) is 18.4 Å². The Balaban J connectivity index is 1.25. The van der Waals surface area contributed by atoms with Gasteiger partial charge in [-0.1, -0.05) is 6.92 Å². The molecule has 0 N–H and O–H groups in total. The van der Waals surface area contributed by atoms with Gasteiger partial charge < -0.3 is 22.9 Å². The monoisotopic (exact) mass is 435 g/mol. The molecule has 1 aliphatic rings. The van der Waals surface area contributed by atoms with E-state index in [1.54, 1.807) is 23.3 Å². The number of fused-ring (bicyclic) bond motifs is 3. The standard InChI is InChI=1S/C24H25N3O5/c1-2-11-27(14-22-25-26-24(32-22)21-8-5-12-29-21)23(28)15-30-16-9-10-20-18(13-16)17-6-3-4-7-19(17)31-20/h5,8-10,12-13H,2-4,6-7,11,14-15H2,1H3. The third kappa shape index (κ3) is 4.12. The molecule has 8 nitrogen and oxygen atoms in total. The molecule has 1 aliphatic carbocycles. The predicted octanol–water partition coefficient (Wildman–Crippen LogP) is 4.77. The highest BCUT2D eigenvalue weighted by molar-refractivity contribution is 5.84. The Hall–Kier alpha value is -3.55. The lowest BCUT2D eigenvalue weighted by Gasteiger charge is -2.20. The molecule has 1 aromatic carbocycles. The van der Waals surface area contributed by atoms with Crippen LogP contribution >= 0.6 is 0 Å². The molecule has 166 valence electrons. The fourth-order valence-corrected chi connectivity index (χ4v) is 4.11. The molecule has 0 bridgehead atoms. The minimum atomic E-state index is -0.140. The molecule has 0 atom stereocenters. The zero-order valence-electron chi connectivity index (χ0n) is 18.0. The number of amides is 1. The first-order valence-electron chi connectivity index (χ1n) is 11.0. The number of aryl methyl sites for hydroxylation is 2. The second kappa shape index (κ2) is 8.90. The van der Waals surface area contributed by atoms with E-state index in [9.17, 15) is 4.79 Å². The summed E-state index contributed by atoms with van der Waals surface area (Å²) in [6.07, 6.45) is 6.70. The lowest BCUT2D eigenvalue weighted by atomic mass is 9.96. The normalized spacial score (nSPS) is 13.3. The summed E-state index contributed by atoms with van der Waals surface area (Å²) < 4.78 is 22.8. The van der Waals surface area contributed by atoms with Crippen LogP contribution in [-0.4, -0.2) is 34.2 Å². The van der Waals surface area contributed by atoms with Gasteiger partial charge in [0.25, 0.3) is 11.8 Å². The molecule has 32 heavy (non-hydrogen) atoms. The summed E-state index contributed by atoms with van der Waals surface area (Å²) in [6, 6.07) is 9.25. The van der Waals surface area contributed by atoms with Crippen LogP contribution in [-0.2, 0) is 24.2 Å². The van der Waals surface area contributed by atoms with Crippen molar-refractivity contribution in [2.75, 3.05) is 13.2 Å². The Morgan fingerprint density at radius 2 is 2.06 bits per heavy atom. The molecule has 0 fully saturated rings. The SMILES string of the molecule is CCCN(Cc1nnc(-c2ccco2)o1)C(=O)COc1ccc2oc3c(c2c1)CCCC3. The van der Waals surface area contributed by atoms with Crippen molar-refractivity contribution in [3.63, 3.8) is 0 Å². The van der Waals surface area contributed by atoms with Gasteiger partial charge in [-0.15, -0.1) is 10.2 Å².